The van der Waals surface area contributed by atoms with E-state index in [9.17, 15) is 0 Å². The Kier molecular flexibility index (Phi) is 3.45. The molecular weight excluding hydrogens is 264 g/mol. The third-order valence-corrected chi connectivity index (χ3v) is 4.09. The van der Waals surface area contributed by atoms with E-state index in [1.807, 2.05) is 0 Å². The summed E-state index contributed by atoms with van der Waals surface area (Å²) in [7, 11) is 0. The summed E-state index contributed by atoms with van der Waals surface area (Å²) in [6, 6.07) is 14.9. The van der Waals surface area contributed by atoms with E-state index in [0.717, 1.165) is 23.8 Å². The summed E-state index contributed by atoms with van der Waals surface area (Å²) in [5.74, 6) is 0. The lowest BCUT2D eigenvalue weighted by molar-refractivity contribution is 1.03. The molecule has 3 rings (SSSR count). The molecule has 0 bridgehead atoms. The highest BCUT2D eigenvalue weighted by Crippen LogP contribution is 2.28. The van der Waals surface area contributed by atoms with Gasteiger partial charge in [-0.1, -0.05) is 30.3 Å². The average molecular weight is 282 g/mol. The van der Waals surface area contributed by atoms with Gasteiger partial charge in [-0.3, -0.25) is 0 Å². The van der Waals surface area contributed by atoms with E-state index < -0.39 is 0 Å². The number of para-hydroxylation sites is 1. The zero-order valence-corrected chi connectivity index (χ0v) is 12.6. The van der Waals surface area contributed by atoms with Crippen molar-refractivity contribution in [1.82, 2.24) is 0 Å². The normalized spacial score (nSPS) is 13.2. The van der Waals surface area contributed by atoms with Crippen LogP contribution >= 0.6 is 12.2 Å². The molecule has 0 aromatic heterocycles. The van der Waals surface area contributed by atoms with Crippen molar-refractivity contribution in [3.63, 3.8) is 0 Å². The van der Waals surface area contributed by atoms with E-state index in [1.54, 1.807) is 0 Å². The molecule has 2 nitrogen and oxygen atoms in total. The SMILES string of the molecule is Cc1ccc(C)c(NC(=S)N2CCc3ccccc32)c1. The molecule has 1 heterocycles. The second kappa shape index (κ2) is 5.25. The van der Waals surface area contributed by atoms with Gasteiger partial charge in [-0.2, -0.15) is 0 Å². The monoisotopic (exact) mass is 282 g/mol. The topological polar surface area (TPSA) is 15.3 Å². The standard InChI is InChI=1S/C17H18N2S/c1-12-7-8-13(2)15(11-12)18-17(20)19-10-9-14-5-3-4-6-16(14)19/h3-8,11H,9-10H2,1-2H3,(H,18,20). The molecule has 1 aliphatic rings. The molecule has 20 heavy (non-hydrogen) atoms. The summed E-state index contributed by atoms with van der Waals surface area (Å²) >= 11 is 5.59. The van der Waals surface area contributed by atoms with Crippen LogP contribution in [0.1, 0.15) is 16.7 Å². The van der Waals surface area contributed by atoms with Gasteiger partial charge in [-0.05, 0) is 61.3 Å². The molecule has 0 radical (unpaired) electrons. The summed E-state index contributed by atoms with van der Waals surface area (Å²) in [4.78, 5) is 2.19. The fraction of sp³-hybridized carbons (Fsp3) is 0.235. The zero-order valence-electron chi connectivity index (χ0n) is 11.8. The van der Waals surface area contributed by atoms with Crippen molar-refractivity contribution in [1.29, 1.82) is 0 Å². The minimum Gasteiger partial charge on any atom is -0.332 e. The summed E-state index contributed by atoms with van der Waals surface area (Å²) in [6.07, 6.45) is 1.06. The Hall–Kier alpha value is -1.87. The zero-order chi connectivity index (χ0) is 14.1. The van der Waals surface area contributed by atoms with Gasteiger partial charge in [0.15, 0.2) is 5.11 Å². The lowest BCUT2D eigenvalue weighted by atomic mass is 10.1. The second-order valence-corrected chi connectivity index (χ2v) is 5.67. The summed E-state index contributed by atoms with van der Waals surface area (Å²) in [6.45, 7) is 5.15. The van der Waals surface area contributed by atoms with E-state index in [1.165, 1.54) is 22.4 Å². The van der Waals surface area contributed by atoms with Crippen LogP contribution in [0.4, 0.5) is 11.4 Å². The smallest absolute Gasteiger partial charge is 0.177 e. The first-order valence-electron chi connectivity index (χ1n) is 6.89. The van der Waals surface area contributed by atoms with Gasteiger partial charge in [0.25, 0.3) is 0 Å². The van der Waals surface area contributed by atoms with Crippen LogP contribution in [0.2, 0.25) is 0 Å². The van der Waals surface area contributed by atoms with E-state index in [2.05, 4.69) is 66.5 Å². The number of benzene rings is 2. The molecule has 0 aliphatic carbocycles. The van der Waals surface area contributed by atoms with Crippen LogP contribution in [-0.2, 0) is 6.42 Å². The maximum absolute atomic E-state index is 5.59. The Bertz CT molecular complexity index is 664. The van der Waals surface area contributed by atoms with Crippen molar-refractivity contribution in [2.75, 3.05) is 16.8 Å². The molecule has 1 N–H and O–H groups in total. The lowest BCUT2D eigenvalue weighted by Gasteiger charge is -2.22. The Morgan fingerprint density at radius 3 is 2.80 bits per heavy atom. The largest absolute Gasteiger partial charge is 0.332 e. The third-order valence-electron chi connectivity index (χ3n) is 3.77. The lowest BCUT2D eigenvalue weighted by Crippen LogP contribution is -2.33. The quantitative estimate of drug-likeness (QED) is 0.794. The van der Waals surface area contributed by atoms with Crippen molar-refractivity contribution in [2.24, 2.45) is 0 Å². The van der Waals surface area contributed by atoms with Crippen molar-refractivity contribution < 1.29 is 0 Å². The molecule has 0 atom stereocenters. The van der Waals surface area contributed by atoms with Gasteiger partial charge in [0, 0.05) is 17.9 Å². The molecule has 0 saturated heterocycles. The predicted molar refractivity (Wildman–Crippen MR) is 89.6 cm³/mol. The van der Waals surface area contributed by atoms with E-state index >= 15 is 0 Å². The summed E-state index contributed by atoms with van der Waals surface area (Å²) in [5.41, 5.74) is 6.15. The Morgan fingerprint density at radius 2 is 1.95 bits per heavy atom. The molecule has 0 saturated carbocycles. The number of hydrogen-bond acceptors (Lipinski definition) is 1. The van der Waals surface area contributed by atoms with Gasteiger partial charge >= 0.3 is 0 Å². The van der Waals surface area contributed by atoms with Crippen LogP contribution in [-0.4, -0.2) is 11.7 Å². The van der Waals surface area contributed by atoms with Crippen LogP contribution in [0.5, 0.6) is 0 Å². The summed E-state index contributed by atoms with van der Waals surface area (Å²) in [5, 5.41) is 4.17. The van der Waals surface area contributed by atoms with Gasteiger partial charge in [-0.25, -0.2) is 0 Å². The van der Waals surface area contributed by atoms with E-state index in [-0.39, 0.29) is 0 Å². The Labute approximate surface area is 125 Å². The van der Waals surface area contributed by atoms with Crippen molar-refractivity contribution in [3.8, 4) is 0 Å². The number of hydrogen-bond donors (Lipinski definition) is 1. The first kappa shape index (κ1) is 13.1. The van der Waals surface area contributed by atoms with Crippen molar-refractivity contribution in [3.05, 3.63) is 59.2 Å². The first-order chi connectivity index (χ1) is 9.65. The van der Waals surface area contributed by atoms with Gasteiger partial charge in [0.1, 0.15) is 0 Å². The van der Waals surface area contributed by atoms with Gasteiger partial charge in [-0.15, -0.1) is 0 Å². The maximum Gasteiger partial charge on any atom is 0.177 e. The van der Waals surface area contributed by atoms with Gasteiger partial charge in [0.2, 0.25) is 0 Å². The van der Waals surface area contributed by atoms with Crippen LogP contribution in [0.25, 0.3) is 0 Å². The van der Waals surface area contributed by atoms with Crippen LogP contribution in [0, 0.1) is 13.8 Å². The number of nitrogens with zero attached hydrogens (tertiary/aromatic N) is 1. The highest BCUT2D eigenvalue weighted by atomic mass is 32.1. The van der Waals surface area contributed by atoms with E-state index in [0.29, 0.717) is 0 Å². The minimum absolute atomic E-state index is 0.781. The molecule has 0 fully saturated rings. The van der Waals surface area contributed by atoms with Gasteiger partial charge < -0.3 is 10.2 Å². The molecule has 3 heteroatoms. The summed E-state index contributed by atoms with van der Waals surface area (Å²) < 4.78 is 0. The molecule has 0 unspecified atom stereocenters. The number of anilines is 2. The number of fused-ring (bicyclic) bond motifs is 1. The second-order valence-electron chi connectivity index (χ2n) is 5.28. The number of nitrogens with one attached hydrogen (secondary N) is 1. The molecule has 102 valence electrons. The van der Waals surface area contributed by atoms with Crippen LogP contribution < -0.4 is 10.2 Å². The van der Waals surface area contributed by atoms with Crippen LogP contribution in [0.15, 0.2) is 42.5 Å². The number of rotatable bonds is 1. The van der Waals surface area contributed by atoms with Gasteiger partial charge in [0.05, 0.1) is 0 Å². The van der Waals surface area contributed by atoms with E-state index in [4.69, 9.17) is 12.2 Å². The van der Waals surface area contributed by atoms with Crippen molar-refractivity contribution >= 4 is 28.7 Å². The Morgan fingerprint density at radius 1 is 1.15 bits per heavy atom. The molecule has 0 spiro atoms. The van der Waals surface area contributed by atoms with Crippen LogP contribution in [0.3, 0.4) is 0 Å². The molecule has 1 aliphatic heterocycles. The Balaban J connectivity index is 1.83. The van der Waals surface area contributed by atoms with Crippen molar-refractivity contribution in [2.45, 2.75) is 20.3 Å². The molecular formula is C17H18N2S. The molecule has 2 aromatic carbocycles. The fourth-order valence-corrected chi connectivity index (χ4v) is 2.90. The highest BCUT2D eigenvalue weighted by Gasteiger charge is 2.21. The average Bonchev–Trinajstić information content (AvgIpc) is 2.87. The fourth-order valence-electron chi connectivity index (χ4n) is 2.60. The first-order valence-corrected chi connectivity index (χ1v) is 7.29. The predicted octanol–water partition coefficient (Wildman–Crippen LogP) is 4.06. The highest BCUT2D eigenvalue weighted by molar-refractivity contribution is 7.80. The maximum atomic E-state index is 5.59. The number of thiocarbonyl (C=S) groups is 1. The molecule has 2 aromatic rings. The minimum atomic E-state index is 0.781. The third kappa shape index (κ3) is 2.41. The number of aryl methyl sites for hydroxylation is 2. The molecule has 0 amide bonds.